The Bertz CT molecular complexity index is 1230. The van der Waals surface area contributed by atoms with E-state index in [9.17, 15) is 27.5 Å². The van der Waals surface area contributed by atoms with E-state index in [1.807, 2.05) is 0 Å². The van der Waals surface area contributed by atoms with Crippen molar-refractivity contribution in [2.75, 3.05) is 11.9 Å². The number of aliphatic hydroxyl groups is 1. The van der Waals surface area contributed by atoms with Crippen LogP contribution in [-0.4, -0.2) is 38.6 Å². The van der Waals surface area contributed by atoms with Gasteiger partial charge in [0.25, 0.3) is 5.91 Å². The van der Waals surface area contributed by atoms with Crippen molar-refractivity contribution in [2.45, 2.75) is 38.1 Å². The Labute approximate surface area is 200 Å². The highest BCUT2D eigenvalue weighted by molar-refractivity contribution is 6.34. The Kier molecular flexibility index (Phi) is 6.69. The average molecular weight is 517 g/mol. The maximum Gasteiger partial charge on any atom is 0.422 e. The molecule has 186 valence electrons. The van der Waals surface area contributed by atoms with Crippen LogP contribution >= 0.6 is 11.6 Å². The molecule has 1 aromatic heterocycles. The van der Waals surface area contributed by atoms with E-state index in [1.165, 1.54) is 23.7 Å². The number of benzene rings is 2. The van der Waals surface area contributed by atoms with Gasteiger partial charge in [-0.2, -0.15) is 18.3 Å². The van der Waals surface area contributed by atoms with Gasteiger partial charge in [-0.15, -0.1) is 0 Å². The number of rotatable bonds is 7. The molecular formula is C22H18ClF5N4O3. The molecule has 2 aromatic carbocycles. The molecule has 7 nitrogen and oxygen atoms in total. The number of hydrogen-bond acceptors (Lipinski definition) is 5. The fourth-order valence-corrected chi connectivity index (χ4v) is 3.51. The fraction of sp³-hybridized carbons (Fsp3) is 0.318. The van der Waals surface area contributed by atoms with Gasteiger partial charge in [-0.1, -0.05) is 17.7 Å². The van der Waals surface area contributed by atoms with Crippen molar-refractivity contribution in [3.05, 3.63) is 58.4 Å². The Morgan fingerprint density at radius 2 is 2.00 bits per heavy atom. The number of aliphatic hydroxyl groups excluding tert-OH is 1. The second kappa shape index (κ2) is 9.42. The zero-order valence-electron chi connectivity index (χ0n) is 18.0. The van der Waals surface area contributed by atoms with Crippen molar-refractivity contribution in [3.63, 3.8) is 0 Å². The molecule has 1 fully saturated rings. The summed E-state index contributed by atoms with van der Waals surface area (Å²) in [6, 6.07) is 5.05. The van der Waals surface area contributed by atoms with Crippen molar-refractivity contribution in [3.8, 4) is 17.1 Å². The molecule has 1 saturated carbocycles. The van der Waals surface area contributed by atoms with Crippen LogP contribution in [0, 0.1) is 11.6 Å². The van der Waals surface area contributed by atoms with E-state index in [0.717, 1.165) is 25.0 Å². The summed E-state index contributed by atoms with van der Waals surface area (Å²) in [7, 11) is 0. The Hall–Kier alpha value is -3.25. The summed E-state index contributed by atoms with van der Waals surface area (Å²) in [5.41, 5.74) is -1.41. The third-order valence-electron chi connectivity index (χ3n) is 5.07. The van der Waals surface area contributed by atoms with E-state index in [0.29, 0.717) is 6.07 Å². The highest BCUT2D eigenvalue weighted by Crippen LogP contribution is 2.38. The van der Waals surface area contributed by atoms with Crippen molar-refractivity contribution in [1.29, 1.82) is 0 Å². The molecule has 0 saturated heterocycles. The third-order valence-corrected chi connectivity index (χ3v) is 5.39. The monoisotopic (exact) mass is 516 g/mol. The van der Waals surface area contributed by atoms with Crippen LogP contribution in [0.15, 0.2) is 30.3 Å². The van der Waals surface area contributed by atoms with Gasteiger partial charge < -0.3 is 15.2 Å². The number of aromatic nitrogens is 3. The normalized spacial score (nSPS) is 14.6. The molecule has 0 radical (unpaired) electrons. The van der Waals surface area contributed by atoms with E-state index < -0.39 is 53.4 Å². The number of carbonyl (C=O) groups excluding carboxylic acids is 1. The van der Waals surface area contributed by atoms with Gasteiger partial charge in [0.2, 0.25) is 0 Å². The number of para-hydroxylation sites is 1. The smallest absolute Gasteiger partial charge is 0.422 e. The first-order chi connectivity index (χ1) is 16.4. The molecule has 1 atom stereocenters. The number of nitrogens with one attached hydrogen (secondary N) is 1. The minimum absolute atomic E-state index is 0.0274. The molecule has 13 heteroatoms. The van der Waals surface area contributed by atoms with Crippen LogP contribution in [0.4, 0.5) is 27.6 Å². The summed E-state index contributed by atoms with van der Waals surface area (Å²) in [6.07, 6.45) is -4.23. The number of alkyl halides is 3. The second-order valence-electron chi connectivity index (χ2n) is 7.93. The second-order valence-corrected chi connectivity index (χ2v) is 8.34. The minimum Gasteiger partial charge on any atom is -0.483 e. The quantitative estimate of drug-likeness (QED) is 0.407. The zero-order valence-corrected chi connectivity index (χ0v) is 18.8. The van der Waals surface area contributed by atoms with Gasteiger partial charge in [0.1, 0.15) is 23.5 Å². The van der Waals surface area contributed by atoms with Gasteiger partial charge in [-0.25, -0.2) is 18.4 Å². The summed E-state index contributed by atoms with van der Waals surface area (Å²) in [5, 5.41) is 16.1. The first kappa shape index (κ1) is 24.9. The lowest BCUT2D eigenvalue weighted by Gasteiger charge is -2.15. The highest BCUT2D eigenvalue weighted by Gasteiger charge is 2.32. The first-order valence-electron chi connectivity index (χ1n) is 10.4. The van der Waals surface area contributed by atoms with Crippen molar-refractivity contribution < 1.29 is 36.6 Å². The lowest BCUT2D eigenvalue weighted by Crippen LogP contribution is -2.22. The number of halogens is 6. The lowest BCUT2D eigenvalue weighted by atomic mass is 10.1. The number of anilines is 1. The molecule has 0 bridgehead atoms. The zero-order chi connectivity index (χ0) is 25.5. The van der Waals surface area contributed by atoms with Crippen molar-refractivity contribution >= 4 is 23.2 Å². The molecule has 3 aromatic rings. The Balaban J connectivity index is 1.75. The summed E-state index contributed by atoms with van der Waals surface area (Å²) in [6.45, 7) is -0.330. The van der Waals surface area contributed by atoms with Crippen LogP contribution in [0.2, 0.25) is 5.02 Å². The molecule has 1 aliphatic carbocycles. The average Bonchev–Trinajstić information content (AvgIpc) is 3.52. The molecule has 1 unspecified atom stereocenters. The predicted molar refractivity (Wildman–Crippen MR) is 115 cm³/mol. The first-order valence-corrected chi connectivity index (χ1v) is 10.8. The van der Waals surface area contributed by atoms with Crippen LogP contribution in [0.1, 0.15) is 48.1 Å². The van der Waals surface area contributed by atoms with Crippen LogP contribution in [0.25, 0.3) is 11.4 Å². The highest BCUT2D eigenvalue weighted by atomic mass is 35.5. The van der Waals surface area contributed by atoms with Gasteiger partial charge >= 0.3 is 6.18 Å². The van der Waals surface area contributed by atoms with Gasteiger partial charge in [-0.3, -0.25) is 4.79 Å². The molecule has 1 amide bonds. The van der Waals surface area contributed by atoms with E-state index in [1.54, 1.807) is 0 Å². The number of carbonyl (C=O) groups is 1. The standard InChI is InChI=1S/C22H18ClF5N4O3/c1-10(33)20-30-19(31-32(20)11-5-6-11)12-8-17(35-9-22(26,27)28)13(7-16(12)25)21(34)29-18-14(23)3-2-4-15(18)24/h2-4,7-8,10-11,33H,5-6,9H2,1H3,(H,29,34). The van der Waals surface area contributed by atoms with E-state index >= 15 is 4.39 Å². The SMILES string of the molecule is CC(O)c1nc(-c2cc(OCC(F)(F)F)c(C(=O)Nc3c(F)cccc3Cl)cc2F)nn1C1CC1. The van der Waals surface area contributed by atoms with Crippen molar-refractivity contribution in [1.82, 2.24) is 14.8 Å². The van der Waals surface area contributed by atoms with Crippen LogP contribution in [0.3, 0.4) is 0 Å². The lowest BCUT2D eigenvalue weighted by molar-refractivity contribution is -0.153. The summed E-state index contributed by atoms with van der Waals surface area (Å²) >= 11 is 5.88. The maximum atomic E-state index is 15.1. The van der Waals surface area contributed by atoms with Crippen molar-refractivity contribution in [2.24, 2.45) is 0 Å². The summed E-state index contributed by atoms with van der Waals surface area (Å²) < 4.78 is 74.0. The van der Waals surface area contributed by atoms with Gasteiger partial charge in [0.15, 0.2) is 18.3 Å². The molecule has 1 heterocycles. The predicted octanol–water partition coefficient (Wildman–Crippen LogP) is 5.46. The number of ether oxygens (including phenoxy) is 1. The Morgan fingerprint density at radius 1 is 1.29 bits per heavy atom. The fourth-order valence-electron chi connectivity index (χ4n) is 3.30. The third kappa shape index (κ3) is 5.54. The molecule has 1 aliphatic rings. The number of nitrogens with zero attached hydrogens (tertiary/aromatic N) is 3. The molecular weight excluding hydrogens is 499 g/mol. The van der Waals surface area contributed by atoms with E-state index in [4.69, 9.17) is 16.3 Å². The maximum absolute atomic E-state index is 15.1. The van der Waals surface area contributed by atoms with Crippen LogP contribution in [0.5, 0.6) is 5.75 Å². The van der Waals surface area contributed by atoms with Gasteiger partial charge in [0.05, 0.1) is 27.9 Å². The van der Waals surface area contributed by atoms with E-state index in [2.05, 4.69) is 15.4 Å². The molecule has 2 N–H and O–H groups in total. The molecule has 0 aliphatic heterocycles. The largest absolute Gasteiger partial charge is 0.483 e. The summed E-state index contributed by atoms with van der Waals surface area (Å²) in [5.74, 6) is -3.77. The number of hydrogen-bond donors (Lipinski definition) is 2. The molecule has 0 spiro atoms. The van der Waals surface area contributed by atoms with Gasteiger partial charge in [0, 0.05) is 0 Å². The van der Waals surface area contributed by atoms with Crippen LogP contribution < -0.4 is 10.1 Å². The van der Waals surface area contributed by atoms with Gasteiger partial charge in [-0.05, 0) is 44.0 Å². The topological polar surface area (TPSA) is 89.3 Å². The minimum atomic E-state index is -4.76. The summed E-state index contributed by atoms with van der Waals surface area (Å²) in [4.78, 5) is 16.9. The molecule has 35 heavy (non-hydrogen) atoms. The Morgan fingerprint density at radius 3 is 2.60 bits per heavy atom. The number of amides is 1. The molecule has 4 rings (SSSR count). The van der Waals surface area contributed by atoms with Crippen LogP contribution in [-0.2, 0) is 0 Å². The van der Waals surface area contributed by atoms with E-state index in [-0.39, 0.29) is 28.3 Å².